The Labute approximate surface area is 97.6 Å². The molecule has 0 saturated heterocycles. The average Bonchev–Trinajstić information content (AvgIpc) is 2.47. The molecule has 0 radical (unpaired) electrons. The van der Waals surface area contributed by atoms with Crippen LogP contribution in [0.1, 0.15) is 33.3 Å². The molecule has 0 amide bonds. The van der Waals surface area contributed by atoms with Crippen LogP contribution < -0.4 is 4.74 Å². The molecule has 1 aromatic rings. The minimum atomic E-state index is 0.111. The minimum Gasteiger partial charge on any atom is -0.497 e. The summed E-state index contributed by atoms with van der Waals surface area (Å²) in [4.78, 5) is 0. The molecule has 2 rings (SSSR count). The summed E-state index contributed by atoms with van der Waals surface area (Å²) in [7, 11) is 1.72. The van der Waals surface area contributed by atoms with E-state index in [1.165, 1.54) is 17.0 Å². The van der Waals surface area contributed by atoms with Gasteiger partial charge in [-0.2, -0.15) is 4.58 Å². The van der Waals surface area contributed by atoms with Crippen molar-refractivity contribution in [1.29, 1.82) is 0 Å². The van der Waals surface area contributed by atoms with E-state index in [1.54, 1.807) is 7.11 Å². The van der Waals surface area contributed by atoms with Crippen LogP contribution in [0.3, 0.4) is 0 Å². The molecule has 1 aliphatic rings. The summed E-state index contributed by atoms with van der Waals surface area (Å²) in [5, 5.41) is 0. The first kappa shape index (κ1) is 11.2. The number of fused-ring (bicyclic) bond motifs is 1. The SMILES string of the molecule is CC[N+]1=C(C)C(C)(C)c2cc(OC)ccc21. The second-order valence-electron chi connectivity index (χ2n) is 4.84. The summed E-state index contributed by atoms with van der Waals surface area (Å²) in [6.45, 7) is 9.98. The third kappa shape index (κ3) is 1.36. The van der Waals surface area contributed by atoms with Crippen LogP contribution in [0.2, 0.25) is 0 Å². The van der Waals surface area contributed by atoms with Gasteiger partial charge in [0, 0.05) is 18.6 Å². The highest BCUT2D eigenvalue weighted by atomic mass is 16.5. The van der Waals surface area contributed by atoms with Crippen LogP contribution in [0, 0.1) is 0 Å². The van der Waals surface area contributed by atoms with Gasteiger partial charge in [0.1, 0.15) is 12.3 Å². The van der Waals surface area contributed by atoms with Crippen molar-refractivity contribution in [2.75, 3.05) is 13.7 Å². The molecule has 0 spiro atoms. The molecule has 16 heavy (non-hydrogen) atoms. The number of hydrogen-bond acceptors (Lipinski definition) is 1. The van der Waals surface area contributed by atoms with Crippen molar-refractivity contribution >= 4 is 11.4 Å². The molecule has 0 unspecified atom stereocenters. The summed E-state index contributed by atoms with van der Waals surface area (Å²) < 4.78 is 7.69. The van der Waals surface area contributed by atoms with Crippen LogP contribution in [0.15, 0.2) is 18.2 Å². The number of nitrogens with zero attached hydrogens (tertiary/aromatic N) is 1. The smallest absolute Gasteiger partial charge is 0.209 e. The zero-order valence-electron chi connectivity index (χ0n) is 10.8. The van der Waals surface area contributed by atoms with E-state index in [9.17, 15) is 0 Å². The average molecular weight is 218 g/mol. The monoisotopic (exact) mass is 218 g/mol. The fourth-order valence-corrected chi connectivity index (χ4v) is 2.50. The molecule has 0 aliphatic carbocycles. The van der Waals surface area contributed by atoms with Crippen molar-refractivity contribution in [3.05, 3.63) is 23.8 Å². The van der Waals surface area contributed by atoms with Gasteiger partial charge in [0.15, 0.2) is 5.71 Å². The largest absolute Gasteiger partial charge is 0.497 e. The molecule has 2 nitrogen and oxygen atoms in total. The first-order chi connectivity index (χ1) is 7.52. The molecule has 1 aliphatic heterocycles. The van der Waals surface area contributed by atoms with Gasteiger partial charge in [0.05, 0.1) is 12.5 Å². The maximum Gasteiger partial charge on any atom is 0.209 e. The van der Waals surface area contributed by atoms with Gasteiger partial charge in [-0.05, 0) is 32.9 Å². The Kier molecular flexibility index (Phi) is 2.53. The highest BCUT2D eigenvalue weighted by Crippen LogP contribution is 2.40. The second-order valence-corrected chi connectivity index (χ2v) is 4.84. The molecule has 0 bridgehead atoms. The molecule has 0 fully saturated rings. The maximum absolute atomic E-state index is 5.31. The Hall–Kier alpha value is -1.31. The van der Waals surface area contributed by atoms with E-state index in [0.717, 1.165) is 12.3 Å². The standard InChI is InChI=1S/C14H20NO/c1-6-15-10(2)14(3,4)12-9-11(16-5)7-8-13(12)15/h7-9H,6H2,1-5H3/q+1. The maximum atomic E-state index is 5.31. The fraction of sp³-hybridized carbons (Fsp3) is 0.500. The first-order valence-corrected chi connectivity index (χ1v) is 5.82. The quantitative estimate of drug-likeness (QED) is 0.695. The van der Waals surface area contributed by atoms with Gasteiger partial charge in [0.25, 0.3) is 0 Å². The Morgan fingerprint density at radius 3 is 2.56 bits per heavy atom. The summed E-state index contributed by atoms with van der Waals surface area (Å²) in [5.41, 5.74) is 4.22. The zero-order chi connectivity index (χ0) is 11.9. The second kappa shape index (κ2) is 3.62. The van der Waals surface area contributed by atoms with Crippen LogP contribution in [0.5, 0.6) is 5.75 Å². The predicted octanol–water partition coefficient (Wildman–Crippen LogP) is 3.11. The van der Waals surface area contributed by atoms with Gasteiger partial charge in [-0.1, -0.05) is 0 Å². The highest BCUT2D eigenvalue weighted by molar-refractivity contribution is 5.93. The molecular weight excluding hydrogens is 198 g/mol. The van der Waals surface area contributed by atoms with Crippen LogP contribution >= 0.6 is 0 Å². The topological polar surface area (TPSA) is 12.2 Å². The Morgan fingerprint density at radius 1 is 1.31 bits per heavy atom. The Bertz CT molecular complexity index is 458. The predicted molar refractivity (Wildman–Crippen MR) is 67.2 cm³/mol. The molecular formula is C14H20NO+. The Balaban J connectivity index is 2.64. The van der Waals surface area contributed by atoms with Crippen molar-refractivity contribution in [1.82, 2.24) is 0 Å². The van der Waals surface area contributed by atoms with Crippen molar-refractivity contribution in [3.63, 3.8) is 0 Å². The van der Waals surface area contributed by atoms with Crippen molar-refractivity contribution in [2.24, 2.45) is 0 Å². The van der Waals surface area contributed by atoms with Crippen LogP contribution in [0.4, 0.5) is 5.69 Å². The lowest BCUT2D eigenvalue weighted by molar-refractivity contribution is -0.434. The first-order valence-electron chi connectivity index (χ1n) is 5.82. The van der Waals surface area contributed by atoms with E-state index in [-0.39, 0.29) is 5.41 Å². The molecule has 0 N–H and O–H groups in total. The zero-order valence-corrected chi connectivity index (χ0v) is 10.8. The van der Waals surface area contributed by atoms with E-state index in [2.05, 4.69) is 44.4 Å². The Morgan fingerprint density at radius 2 is 2.00 bits per heavy atom. The number of hydrogen-bond donors (Lipinski definition) is 0. The summed E-state index contributed by atoms with van der Waals surface area (Å²) in [6, 6.07) is 6.36. The van der Waals surface area contributed by atoms with E-state index < -0.39 is 0 Å². The number of benzene rings is 1. The molecule has 2 heteroatoms. The molecule has 0 saturated carbocycles. The van der Waals surface area contributed by atoms with Gasteiger partial charge < -0.3 is 4.74 Å². The van der Waals surface area contributed by atoms with Crippen LogP contribution in [-0.4, -0.2) is 23.9 Å². The lowest BCUT2D eigenvalue weighted by Crippen LogP contribution is -2.26. The minimum absolute atomic E-state index is 0.111. The number of methoxy groups -OCH3 is 1. The fourth-order valence-electron chi connectivity index (χ4n) is 2.50. The van der Waals surface area contributed by atoms with Gasteiger partial charge in [-0.25, -0.2) is 0 Å². The highest BCUT2D eigenvalue weighted by Gasteiger charge is 2.42. The summed E-state index contributed by atoms with van der Waals surface area (Å²) in [5.74, 6) is 0.942. The van der Waals surface area contributed by atoms with E-state index in [4.69, 9.17) is 4.74 Å². The van der Waals surface area contributed by atoms with Crippen molar-refractivity contribution < 1.29 is 9.31 Å². The van der Waals surface area contributed by atoms with Gasteiger partial charge in [0.2, 0.25) is 5.69 Å². The molecule has 1 heterocycles. The van der Waals surface area contributed by atoms with Gasteiger partial charge in [-0.3, -0.25) is 0 Å². The van der Waals surface area contributed by atoms with E-state index in [0.29, 0.717) is 0 Å². The summed E-state index contributed by atoms with van der Waals surface area (Å²) in [6.07, 6.45) is 0. The number of ether oxygens (including phenoxy) is 1. The van der Waals surface area contributed by atoms with Gasteiger partial charge in [-0.15, -0.1) is 0 Å². The van der Waals surface area contributed by atoms with E-state index in [1.807, 2.05) is 6.07 Å². The number of rotatable bonds is 2. The van der Waals surface area contributed by atoms with Crippen LogP contribution in [-0.2, 0) is 5.41 Å². The lowest BCUT2D eigenvalue weighted by Gasteiger charge is -2.15. The normalized spacial score (nSPS) is 17.6. The molecule has 0 atom stereocenters. The summed E-state index contributed by atoms with van der Waals surface area (Å²) >= 11 is 0. The van der Waals surface area contributed by atoms with Crippen molar-refractivity contribution in [3.8, 4) is 5.75 Å². The molecule has 1 aromatic carbocycles. The lowest BCUT2D eigenvalue weighted by atomic mass is 9.82. The third-order valence-electron chi connectivity index (χ3n) is 3.79. The van der Waals surface area contributed by atoms with Crippen molar-refractivity contribution in [2.45, 2.75) is 33.1 Å². The third-order valence-corrected chi connectivity index (χ3v) is 3.79. The molecule has 86 valence electrons. The van der Waals surface area contributed by atoms with E-state index >= 15 is 0 Å². The van der Waals surface area contributed by atoms with Crippen LogP contribution in [0.25, 0.3) is 0 Å². The van der Waals surface area contributed by atoms with Gasteiger partial charge >= 0.3 is 0 Å². The molecule has 0 aromatic heterocycles.